The number of fused-ring (bicyclic) bond motifs is 1. The van der Waals surface area contributed by atoms with Crippen molar-refractivity contribution in [2.45, 2.75) is 20.8 Å². The second-order valence-electron chi connectivity index (χ2n) is 6.21. The van der Waals surface area contributed by atoms with Crippen LogP contribution in [0.3, 0.4) is 0 Å². The van der Waals surface area contributed by atoms with Crippen LogP contribution in [0.15, 0.2) is 41.5 Å². The van der Waals surface area contributed by atoms with Crippen LogP contribution in [0, 0.1) is 19.8 Å². The third-order valence-corrected chi connectivity index (χ3v) is 4.23. The number of Topliss-reactive ketones (excluding diaryl/α,β-unsaturated/α-hetero) is 1. The Labute approximate surface area is 149 Å². The van der Waals surface area contributed by atoms with Crippen molar-refractivity contribution in [3.05, 3.63) is 53.6 Å². The highest BCUT2D eigenvalue weighted by Gasteiger charge is 2.41. The molecule has 3 aromatic rings. The Kier molecular flexibility index (Phi) is 3.61. The zero-order chi connectivity index (χ0) is 18.4. The molecule has 4 rings (SSSR count). The number of aromatic nitrogens is 4. The van der Waals surface area contributed by atoms with Crippen molar-refractivity contribution < 1.29 is 9.59 Å². The summed E-state index contributed by atoms with van der Waals surface area (Å²) < 4.78 is 1.50. The van der Waals surface area contributed by atoms with E-state index in [0.29, 0.717) is 17.2 Å². The summed E-state index contributed by atoms with van der Waals surface area (Å²) in [5, 5.41) is 9.74. The van der Waals surface area contributed by atoms with Gasteiger partial charge < -0.3 is 0 Å². The van der Waals surface area contributed by atoms with Crippen molar-refractivity contribution in [3.63, 3.8) is 0 Å². The van der Waals surface area contributed by atoms with Crippen LogP contribution in [0.25, 0.3) is 5.78 Å². The van der Waals surface area contributed by atoms with E-state index in [1.807, 2.05) is 38.1 Å². The summed E-state index contributed by atoms with van der Waals surface area (Å²) in [4.78, 5) is 34.2. The highest BCUT2D eigenvalue weighted by Crippen LogP contribution is 2.25. The molecule has 0 bridgehead atoms. The first-order valence-corrected chi connectivity index (χ1v) is 8.15. The molecule has 0 radical (unpaired) electrons. The van der Waals surface area contributed by atoms with Crippen molar-refractivity contribution >= 4 is 28.9 Å². The Bertz CT molecular complexity index is 1070. The van der Waals surface area contributed by atoms with Crippen molar-refractivity contribution in [3.8, 4) is 0 Å². The maximum atomic E-state index is 12.9. The molecule has 1 atom stereocenters. The molecule has 1 unspecified atom stereocenters. The SMILES string of the molecule is CC1=NN(c2ccccc2)C(=O)C1C(=O)c1nc2nc(C)cc(C)n2n1. The standard InChI is InChI=1S/C18H16N6O2/c1-10-9-11(2)23-18(19-10)20-16(22-23)15(25)14-12(3)21-24(17(14)26)13-7-5-4-6-8-13/h4-9,14H,1-3H3. The molecule has 3 heterocycles. The number of amides is 1. The second-order valence-corrected chi connectivity index (χ2v) is 6.21. The smallest absolute Gasteiger partial charge is 0.264 e. The number of nitrogens with zero attached hydrogens (tertiary/aromatic N) is 6. The number of carbonyl (C=O) groups excluding carboxylic acids is 2. The molecule has 8 nitrogen and oxygen atoms in total. The van der Waals surface area contributed by atoms with E-state index in [-0.39, 0.29) is 5.82 Å². The predicted molar refractivity (Wildman–Crippen MR) is 95.1 cm³/mol. The van der Waals surface area contributed by atoms with Crippen LogP contribution < -0.4 is 5.01 Å². The molecule has 0 saturated heterocycles. The minimum atomic E-state index is -1.02. The van der Waals surface area contributed by atoms with Crippen molar-refractivity contribution in [1.29, 1.82) is 0 Å². The van der Waals surface area contributed by atoms with Gasteiger partial charge in [0, 0.05) is 11.4 Å². The number of rotatable bonds is 3. The molecule has 1 amide bonds. The van der Waals surface area contributed by atoms with Crippen molar-refractivity contribution in [1.82, 2.24) is 19.6 Å². The molecule has 8 heteroatoms. The number of hydrazone groups is 1. The molecule has 2 aromatic heterocycles. The van der Waals surface area contributed by atoms with Gasteiger partial charge in [-0.2, -0.15) is 15.1 Å². The number of anilines is 1. The lowest BCUT2D eigenvalue weighted by atomic mass is 9.98. The summed E-state index contributed by atoms with van der Waals surface area (Å²) >= 11 is 0. The normalized spacial score (nSPS) is 17.0. The van der Waals surface area contributed by atoms with Crippen molar-refractivity contribution in [2.75, 3.05) is 5.01 Å². The molecular formula is C18H16N6O2. The fourth-order valence-corrected chi connectivity index (χ4v) is 3.02. The fourth-order valence-electron chi connectivity index (χ4n) is 3.02. The van der Waals surface area contributed by atoms with Crippen LogP contribution in [0.1, 0.15) is 28.9 Å². The number of para-hydroxylation sites is 1. The predicted octanol–water partition coefficient (Wildman–Crippen LogP) is 1.96. The number of benzene rings is 1. The summed E-state index contributed by atoms with van der Waals surface area (Å²) in [5.74, 6) is -1.59. The largest absolute Gasteiger partial charge is 0.289 e. The van der Waals surface area contributed by atoms with E-state index in [0.717, 1.165) is 11.4 Å². The quantitative estimate of drug-likeness (QED) is 0.533. The van der Waals surface area contributed by atoms with Crippen LogP contribution in [-0.2, 0) is 4.79 Å². The van der Waals surface area contributed by atoms with Crippen LogP contribution in [0.2, 0.25) is 0 Å². The second kappa shape index (κ2) is 5.83. The Morgan fingerprint density at radius 3 is 2.54 bits per heavy atom. The molecule has 26 heavy (non-hydrogen) atoms. The summed E-state index contributed by atoms with van der Waals surface area (Å²) in [6.45, 7) is 5.36. The first kappa shape index (κ1) is 16.1. The van der Waals surface area contributed by atoms with Gasteiger partial charge in [-0.25, -0.2) is 9.50 Å². The highest BCUT2D eigenvalue weighted by molar-refractivity contribution is 6.29. The molecule has 0 aliphatic carbocycles. The van der Waals surface area contributed by atoms with Crippen LogP contribution in [-0.4, -0.2) is 37.0 Å². The van der Waals surface area contributed by atoms with Gasteiger partial charge in [0.1, 0.15) is 5.92 Å². The molecule has 1 aliphatic rings. The van der Waals surface area contributed by atoms with Gasteiger partial charge in [-0.05, 0) is 39.0 Å². The lowest BCUT2D eigenvalue weighted by Crippen LogP contribution is -2.33. The topological polar surface area (TPSA) is 92.8 Å². The van der Waals surface area contributed by atoms with E-state index >= 15 is 0 Å². The average Bonchev–Trinajstić information content (AvgIpc) is 3.16. The third kappa shape index (κ3) is 2.46. The van der Waals surface area contributed by atoms with Gasteiger partial charge in [0.05, 0.1) is 11.4 Å². The lowest BCUT2D eigenvalue weighted by Gasteiger charge is -2.12. The van der Waals surface area contributed by atoms with Crippen LogP contribution in [0.4, 0.5) is 5.69 Å². The Morgan fingerprint density at radius 2 is 1.81 bits per heavy atom. The van der Waals surface area contributed by atoms with Gasteiger partial charge in [-0.15, -0.1) is 5.10 Å². The Hall–Kier alpha value is -3.42. The van der Waals surface area contributed by atoms with Crippen LogP contribution in [0.5, 0.6) is 0 Å². The molecule has 0 saturated carbocycles. The van der Waals surface area contributed by atoms with Gasteiger partial charge in [0.25, 0.3) is 11.7 Å². The van der Waals surface area contributed by atoms with E-state index in [4.69, 9.17) is 0 Å². The molecule has 0 N–H and O–H groups in total. The van der Waals surface area contributed by atoms with Gasteiger partial charge >= 0.3 is 0 Å². The number of aryl methyl sites for hydroxylation is 2. The number of carbonyl (C=O) groups is 2. The maximum Gasteiger partial charge on any atom is 0.264 e. The van der Waals surface area contributed by atoms with Gasteiger partial charge in [0.2, 0.25) is 11.6 Å². The zero-order valence-electron chi connectivity index (χ0n) is 14.5. The average molecular weight is 348 g/mol. The van der Waals surface area contributed by atoms with Gasteiger partial charge in [0.15, 0.2) is 0 Å². The molecule has 130 valence electrons. The highest BCUT2D eigenvalue weighted by atomic mass is 16.2. The molecule has 1 aliphatic heterocycles. The molecule has 1 aromatic carbocycles. The van der Waals surface area contributed by atoms with E-state index in [9.17, 15) is 9.59 Å². The van der Waals surface area contributed by atoms with E-state index in [1.54, 1.807) is 19.1 Å². The Morgan fingerprint density at radius 1 is 1.08 bits per heavy atom. The third-order valence-electron chi connectivity index (χ3n) is 4.23. The first-order valence-electron chi connectivity index (χ1n) is 8.15. The summed E-state index contributed by atoms with van der Waals surface area (Å²) in [7, 11) is 0. The summed E-state index contributed by atoms with van der Waals surface area (Å²) in [5.41, 5.74) is 2.63. The summed E-state index contributed by atoms with van der Waals surface area (Å²) in [6.07, 6.45) is 0. The van der Waals surface area contributed by atoms with E-state index in [1.165, 1.54) is 9.52 Å². The van der Waals surface area contributed by atoms with Crippen molar-refractivity contribution in [2.24, 2.45) is 11.0 Å². The van der Waals surface area contributed by atoms with Crippen LogP contribution >= 0.6 is 0 Å². The summed E-state index contributed by atoms with van der Waals surface area (Å²) in [6, 6.07) is 10.8. The zero-order valence-corrected chi connectivity index (χ0v) is 14.5. The Balaban J connectivity index is 1.70. The number of hydrogen-bond donors (Lipinski definition) is 0. The maximum absolute atomic E-state index is 12.9. The van der Waals surface area contributed by atoms with E-state index in [2.05, 4.69) is 20.2 Å². The first-order chi connectivity index (χ1) is 12.5. The van der Waals surface area contributed by atoms with Gasteiger partial charge in [-0.3, -0.25) is 9.59 Å². The molecular weight excluding hydrogens is 332 g/mol. The minimum Gasteiger partial charge on any atom is -0.289 e. The minimum absolute atomic E-state index is 0.0333. The van der Waals surface area contributed by atoms with Gasteiger partial charge in [-0.1, -0.05) is 18.2 Å². The lowest BCUT2D eigenvalue weighted by molar-refractivity contribution is -0.118. The number of hydrogen-bond acceptors (Lipinski definition) is 6. The molecule has 0 fully saturated rings. The van der Waals surface area contributed by atoms with E-state index < -0.39 is 17.6 Å². The molecule has 0 spiro atoms. The monoisotopic (exact) mass is 348 g/mol. The number of ketones is 1. The fraction of sp³-hybridized carbons (Fsp3) is 0.222.